The minimum atomic E-state index is -0.896. The second-order valence-corrected chi connectivity index (χ2v) is 13.1. The number of fused-ring (bicyclic) bond motifs is 3. The Hall–Kier alpha value is -4.60. The van der Waals surface area contributed by atoms with Crippen LogP contribution in [-0.4, -0.2) is 65.7 Å². The molecule has 1 aliphatic carbocycles. The van der Waals surface area contributed by atoms with E-state index in [9.17, 15) is 14.7 Å². The third-order valence-electron chi connectivity index (χ3n) is 8.99. The van der Waals surface area contributed by atoms with Gasteiger partial charge >= 0.3 is 12.2 Å². The van der Waals surface area contributed by atoms with Crippen molar-refractivity contribution in [3.05, 3.63) is 71.6 Å². The van der Waals surface area contributed by atoms with Crippen molar-refractivity contribution in [1.29, 1.82) is 0 Å². The number of amides is 2. The highest BCUT2D eigenvalue weighted by Crippen LogP contribution is 2.39. The SMILES string of the molecule is CC(C)(C)OC(=O)N1CCCC1c1ncc(-c2ccc3c(c2)CCc2cc(-c4cnc(C5CCCN5C(=O)O)[nH]4)ccc2-3)[nH]1. The van der Waals surface area contributed by atoms with Gasteiger partial charge in [-0.15, -0.1) is 0 Å². The Morgan fingerprint density at radius 1 is 0.818 bits per heavy atom. The molecule has 0 saturated carbocycles. The molecule has 44 heavy (non-hydrogen) atoms. The number of rotatable bonds is 4. The van der Waals surface area contributed by atoms with Gasteiger partial charge < -0.3 is 19.8 Å². The summed E-state index contributed by atoms with van der Waals surface area (Å²) >= 11 is 0. The van der Waals surface area contributed by atoms with Gasteiger partial charge in [0.2, 0.25) is 0 Å². The summed E-state index contributed by atoms with van der Waals surface area (Å²) in [5.41, 5.74) is 8.51. The largest absolute Gasteiger partial charge is 0.465 e. The van der Waals surface area contributed by atoms with E-state index in [1.165, 1.54) is 27.2 Å². The van der Waals surface area contributed by atoms with Gasteiger partial charge in [0.25, 0.3) is 0 Å². The molecule has 2 aromatic heterocycles. The minimum Gasteiger partial charge on any atom is -0.465 e. The molecule has 0 spiro atoms. The second kappa shape index (κ2) is 10.8. The highest BCUT2D eigenvalue weighted by molar-refractivity contribution is 5.79. The molecule has 0 bridgehead atoms. The van der Waals surface area contributed by atoms with E-state index in [0.29, 0.717) is 18.9 Å². The molecular formula is C34H38N6O4. The fourth-order valence-corrected chi connectivity index (χ4v) is 6.91. The van der Waals surface area contributed by atoms with E-state index < -0.39 is 11.7 Å². The fourth-order valence-electron chi connectivity index (χ4n) is 6.91. The molecule has 2 amide bonds. The number of ether oxygens (including phenoxy) is 1. The number of aryl methyl sites for hydroxylation is 2. The van der Waals surface area contributed by atoms with Crippen LogP contribution in [0, 0.1) is 0 Å². The number of carbonyl (C=O) groups is 2. The number of hydrogen-bond acceptors (Lipinski definition) is 5. The summed E-state index contributed by atoms with van der Waals surface area (Å²) in [7, 11) is 0. The molecule has 4 heterocycles. The van der Waals surface area contributed by atoms with E-state index in [-0.39, 0.29) is 18.2 Å². The van der Waals surface area contributed by atoms with Crippen molar-refractivity contribution in [3.8, 4) is 33.6 Å². The van der Waals surface area contributed by atoms with Crippen molar-refractivity contribution in [2.75, 3.05) is 13.1 Å². The second-order valence-electron chi connectivity index (χ2n) is 13.1. The van der Waals surface area contributed by atoms with E-state index in [2.05, 4.69) is 56.3 Å². The van der Waals surface area contributed by atoms with Crippen molar-refractivity contribution < 1.29 is 19.4 Å². The summed E-state index contributed by atoms with van der Waals surface area (Å²) in [5, 5.41) is 9.53. The summed E-state index contributed by atoms with van der Waals surface area (Å²) in [5.74, 6) is 1.51. The van der Waals surface area contributed by atoms with Crippen LogP contribution in [-0.2, 0) is 17.6 Å². The summed E-state index contributed by atoms with van der Waals surface area (Å²) in [6.07, 6.45) is 7.77. The molecular weight excluding hydrogens is 556 g/mol. The Morgan fingerprint density at radius 2 is 1.32 bits per heavy atom. The summed E-state index contributed by atoms with van der Waals surface area (Å²) in [4.78, 5) is 43.8. The highest BCUT2D eigenvalue weighted by atomic mass is 16.6. The molecule has 7 rings (SSSR count). The van der Waals surface area contributed by atoms with Gasteiger partial charge in [0.05, 0.1) is 35.9 Å². The molecule has 2 fully saturated rings. The molecule has 2 aromatic carbocycles. The molecule has 3 N–H and O–H groups in total. The van der Waals surface area contributed by atoms with Crippen LogP contribution in [0.15, 0.2) is 48.8 Å². The predicted octanol–water partition coefficient (Wildman–Crippen LogP) is 7.12. The number of carboxylic acid groups (broad SMARTS) is 1. The first kappa shape index (κ1) is 28.2. The molecule has 2 atom stereocenters. The predicted molar refractivity (Wildman–Crippen MR) is 166 cm³/mol. The molecule has 0 radical (unpaired) electrons. The Balaban J connectivity index is 1.09. The first-order valence-electron chi connectivity index (χ1n) is 15.5. The van der Waals surface area contributed by atoms with E-state index in [1.54, 1.807) is 4.90 Å². The maximum Gasteiger partial charge on any atom is 0.410 e. The third-order valence-corrected chi connectivity index (χ3v) is 8.99. The van der Waals surface area contributed by atoms with Gasteiger partial charge in [-0.05, 0) is 105 Å². The summed E-state index contributed by atoms with van der Waals surface area (Å²) < 4.78 is 5.64. The average molecular weight is 595 g/mol. The first-order chi connectivity index (χ1) is 21.1. The Morgan fingerprint density at radius 3 is 1.82 bits per heavy atom. The lowest BCUT2D eigenvalue weighted by atomic mass is 9.83. The van der Waals surface area contributed by atoms with Crippen molar-refractivity contribution >= 4 is 12.2 Å². The van der Waals surface area contributed by atoms with Crippen LogP contribution in [0.2, 0.25) is 0 Å². The zero-order valence-corrected chi connectivity index (χ0v) is 25.4. The monoisotopic (exact) mass is 594 g/mol. The van der Waals surface area contributed by atoms with Gasteiger partial charge in [0.1, 0.15) is 17.2 Å². The number of nitrogens with one attached hydrogen (secondary N) is 2. The zero-order chi connectivity index (χ0) is 30.6. The smallest absolute Gasteiger partial charge is 0.410 e. The number of H-pyrrole nitrogens is 2. The number of benzene rings is 2. The van der Waals surface area contributed by atoms with Gasteiger partial charge in [0.15, 0.2) is 0 Å². The van der Waals surface area contributed by atoms with Crippen LogP contribution < -0.4 is 0 Å². The lowest BCUT2D eigenvalue weighted by molar-refractivity contribution is 0.0218. The van der Waals surface area contributed by atoms with E-state index in [1.807, 2.05) is 33.2 Å². The molecule has 10 heteroatoms. The summed E-state index contributed by atoms with van der Waals surface area (Å²) in [6.45, 7) is 6.87. The first-order valence-corrected chi connectivity index (χ1v) is 15.5. The summed E-state index contributed by atoms with van der Waals surface area (Å²) in [6, 6.07) is 12.8. The third kappa shape index (κ3) is 5.22. The molecule has 2 unspecified atom stereocenters. The molecule has 2 aliphatic heterocycles. The number of aromatic amines is 2. The number of nitrogens with zero attached hydrogens (tertiary/aromatic N) is 4. The quantitative estimate of drug-likeness (QED) is 0.231. The number of imidazole rings is 2. The Labute approximate surface area is 256 Å². The minimum absolute atomic E-state index is 0.113. The standard InChI is InChI=1S/C34H38N6O4/c1-34(2,3)44-33(43)40-15-5-7-29(40)31-36-19-27(38-31)23-11-13-25-21(17-23)9-8-20-16-22(10-12-24(20)25)26-18-35-30(37-26)28-6-4-14-39(28)32(41)42/h10-13,16-19,28-29H,4-9,14-15H2,1-3H3,(H,35,37)(H,36,38)(H,41,42). The van der Waals surface area contributed by atoms with Crippen molar-refractivity contribution in [1.82, 2.24) is 29.7 Å². The van der Waals surface area contributed by atoms with Crippen LogP contribution in [0.4, 0.5) is 9.59 Å². The topological polar surface area (TPSA) is 127 Å². The lowest BCUT2D eigenvalue weighted by Crippen LogP contribution is -2.36. The van der Waals surface area contributed by atoms with Crippen LogP contribution in [0.3, 0.4) is 0 Å². The van der Waals surface area contributed by atoms with Crippen molar-refractivity contribution in [2.24, 2.45) is 0 Å². The van der Waals surface area contributed by atoms with Gasteiger partial charge in [-0.2, -0.15) is 0 Å². The molecule has 2 saturated heterocycles. The zero-order valence-electron chi connectivity index (χ0n) is 25.4. The van der Waals surface area contributed by atoms with Gasteiger partial charge in [0, 0.05) is 13.1 Å². The van der Waals surface area contributed by atoms with E-state index in [0.717, 1.165) is 66.9 Å². The molecule has 10 nitrogen and oxygen atoms in total. The lowest BCUT2D eigenvalue weighted by Gasteiger charge is -2.27. The highest BCUT2D eigenvalue weighted by Gasteiger charge is 2.35. The number of hydrogen-bond donors (Lipinski definition) is 3. The maximum absolute atomic E-state index is 12.8. The normalized spacial score (nSPS) is 19.6. The molecule has 228 valence electrons. The van der Waals surface area contributed by atoms with Gasteiger partial charge in [-0.1, -0.05) is 24.3 Å². The van der Waals surface area contributed by atoms with Crippen LogP contribution in [0.1, 0.15) is 81.3 Å². The average Bonchev–Trinajstić information content (AvgIpc) is 3.81. The molecule has 4 aromatic rings. The Kier molecular flexibility index (Phi) is 6.94. The maximum atomic E-state index is 12.8. The van der Waals surface area contributed by atoms with Gasteiger partial charge in [-0.25, -0.2) is 19.6 Å². The van der Waals surface area contributed by atoms with E-state index in [4.69, 9.17) is 4.74 Å². The Bertz CT molecular complexity index is 1730. The number of likely N-dealkylation sites (tertiary alicyclic amines) is 2. The van der Waals surface area contributed by atoms with Gasteiger partial charge in [-0.3, -0.25) is 9.80 Å². The van der Waals surface area contributed by atoms with Crippen molar-refractivity contribution in [2.45, 2.75) is 77.0 Å². The molecule has 3 aliphatic rings. The van der Waals surface area contributed by atoms with Crippen LogP contribution in [0.25, 0.3) is 33.6 Å². The van der Waals surface area contributed by atoms with Crippen LogP contribution >= 0.6 is 0 Å². The number of aromatic nitrogens is 4. The van der Waals surface area contributed by atoms with E-state index >= 15 is 0 Å². The fraction of sp³-hybridized carbons (Fsp3) is 0.412. The van der Waals surface area contributed by atoms with Crippen LogP contribution in [0.5, 0.6) is 0 Å². The number of carbonyl (C=O) groups excluding carboxylic acids is 1. The van der Waals surface area contributed by atoms with Crippen molar-refractivity contribution in [3.63, 3.8) is 0 Å².